The molecule has 0 spiro atoms. The smallest absolute Gasteiger partial charge is 0.249 e. The van der Waals surface area contributed by atoms with Gasteiger partial charge in [-0.3, -0.25) is 4.79 Å². The fourth-order valence-corrected chi connectivity index (χ4v) is 3.44. The Morgan fingerprint density at radius 3 is 2.85 bits per heavy atom. The van der Waals surface area contributed by atoms with Crippen molar-refractivity contribution in [2.24, 2.45) is 0 Å². The second-order valence-electron chi connectivity index (χ2n) is 5.33. The van der Waals surface area contributed by atoms with Crippen LogP contribution in [0.5, 0.6) is 0 Å². The summed E-state index contributed by atoms with van der Waals surface area (Å²) in [5, 5.41) is 15.1. The molecule has 2 aromatic carbocycles. The van der Waals surface area contributed by atoms with E-state index < -0.39 is 0 Å². The number of tetrazole rings is 1. The van der Waals surface area contributed by atoms with Gasteiger partial charge in [-0.05, 0) is 47.7 Å². The van der Waals surface area contributed by atoms with Gasteiger partial charge in [0.2, 0.25) is 11.7 Å². The lowest BCUT2D eigenvalue weighted by molar-refractivity contribution is -0.117. The predicted octanol–water partition coefficient (Wildman–Crippen LogP) is 3.49. The van der Waals surface area contributed by atoms with E-state index in [9.17, 15) is 9.18 Å². The molecule has 4 aromatic rings. The third-order valence-electron chi connectivity index (χ3n) is 3.44. The van der Waals surface area contributed by atoms with Crippen molar-refractivity contribution < 1.29 is 9.18 Å². The summed E-state index contributed by atoms with van der Waals surface area (Å²) in [6.45, 7) is -0.103. The van der Waals surface area contributed by atoms with Gasteiger partial charge in [-0.2, -0.15) is 4.80 Å². The van der Waals surface area contributed by atoms with Crippen molar-refractivity contribution in [1.29, 1.82) is 0 Å². The first-order valence-corrected chi connectivity index (χ1v) is 9.07. The van der Waals surface area contributed by atoms with Gasteiger partial charge < -0.3 is 5.32 Å². The van der Waals surface area contributed by atoms with Gasteiger partial charge >= 0.3 is 0 Å². The fourth-order valence-electron chi connectivity index (χ4n) is 2.26. The minimum atomic E-state index is -0.343. The molecule has 0 aliphatic heterocycles. The number of nitrogens with one attached hydrogen (secondary N) is 1. The Morgan fingerprint density at radius 1 is 1.23 bits per heavy atom. The van der Waals surface area contributed by atoms with Gasteiger partial charge in [0.1, 0.15) is 12.4 Å². The van der Waals surface area contributed by atoms with Crippen LogP contribution in [0, 0.1) is 5.82 Å². The molecule has 4 rings (SSSR count). The zero-order chi connectivity index (χ0) is 18.1. The summed E-state index contributed by atoms with van der Waals surface area (Å²) < 4.78 is 14.8. The van der Waals surface area contributed by atoms with Crippen LogP contribution in [0.4, 0.5) is 9.52 Å². The normalized spacial score (nSPS) is 11.0. The first-order valence-electron chi connectivity index (χ1n) is 7.46. The van der Waals surface area contributed by atoms with E-state index in [1.165, 1.54) is 28.3 Å². The lowest BCUT2D eigenvalue weighted by atomic mass is 10.2. The molecule has 0 bridgehead atoms. The number of anilines is 1. The number of amides is 1. The number of hydrogen-bond acceptors (Lipinski definition) is 6. The standard InChI is InChI=1S/C16H10BrFN6OS/c17-10-3-1-9(2-4-10)15-21-23-24(22-15)8-14(25)20-16-19-12-6-5-11(18)7-13(12)26-16/h1-7H,8H2,(H,19,20,25). The number of carbonyl (C=O) groups is 1. The van der Waals surface area contributed by atoms with Crippen molar-refractivity contribution in [2.75, 3.05) is 5.32 Å². The molecule has 1 amide bonds. The molecule has 0 aliphatic carbocycles. The second-order valence-corrected chi connectivity index (χ2v) is 7.28. The average Bonchev–Trinajstić information content (AvgIpc) is 3.21. The summed E-state index contributed by atoms with van der Waals surface area (Å²) in [4.78, 5) is 17.6. The highest BCUT2D eigenvalue weighted by molar-refractivity contribution is 9.10. The zero-order valence-corrected chi connectivity index (χ0v) is 15.5. The Bertz CT molecular complexity index is 1090. The first-order chi connectivity index (χ1) is 12.6. The number of nitrogens with zero attached hydrogens (tertiary/aromatic N) is 5. The Kier molecular flexibility index (Phi) is 4.43. The molecule has 2 heterocycles. The van der Waals surface area contributed by atoms with E-state index in [0.29, 0.717) is 21.2 Å². The Hall–Kier alpha value is -2.72. The number of aromatic nitrogens is 5. The van der Waals surface area contributed by atoms with E-state index in [-0.39, 0.29) is 18.3 Å². The molecule has 0 atom stereocenters. The second kappa shape index (κ2) is 6.89. The monoisotopic (exact) mass is 432 g/mol. The van der Waals surface area contributed by atoms with Gasteiger partial charge in [-0.15, -0.1) is 10.2 Å². The number of carbonyl (C=O) groups excluding carboxylic acids is 1. The zero-order valence-electron chi connectivity index (χ0n) is 13.1. The molecule has 0 saturated carbocycles. The van der Waals surface area contributed by atoms with Gasteiger partial charge in [0, 0.05) is 10.0 Å². The van der Waals surface area contributed by atoms with Crippen LogP contribution in [-0.2, 0) is 11.3 Å². The highest BCUT2D eigenvalue weighted by Crippen LogP contribution is 2.26. The molecular weight excluding hydrogens is 423 g/mol. The van der Waals surface area contributed by atoms with Crippen molar-refractivity contribution in [2.45, 2.75) is 6.54 Å². The summed E-state index contributed by atoms with van der Waals surface area (Å²) in [6, 6.07) is 11.7. The number of thiazole rings is 1. The first kappa shape index (κ1) is 16.7. The van der Waals surface area contributed by atoms with Crippen molar-refractivity contribution in [3.8, 4) is 11.4 Å². The third-order valence-corrected chi connectivity index (χ3v) is 4.90. The molecule has 0 saturated heterocycles. The van der Waals surface area contributed by atoms with Gasteiger partial charge in [0.05, 0.1) is 10.2 Å². The number of fused-ring (bicyclic) bond motifs is 1. The van der Waals surface area contributed by atoms with E-state index >= 15 is 0 Å². The molecule has 26 heavy (non-hydrogen) atoms. The van der Waals surface area contributed by atoms with Crippen molar-refractivity contribution >= 4 is 48.5 Å². The maximum atomic E-state index is 13.2. The van der Waals surface area contributed by atoms with Crippen molar-refractivity contribution in [3.05, 3.63) is 52.8 Å². The molecule has 0 aliphatic rings. The van der Waals surface area contributed by atoms with Crippen LogP contribution in [0.15, 0.2) is 46.9 Å². The largest absolute Gasteiger partial charge is 0.300 e. The molecule has 10 heteroatoms. The topological polar surface area (TPSA) is 85.6 Å². The quantitative estimate of drug-likeness (QED) is 0.533. The van der Waals surface area contributed by atoms with E-state index in [1.807, 2.05) is 24.3 Å². The van der Waals surface area contributed by atoms with Crippen LogP contribution in [-0.4, -0.2) is 31.1 Å². The summed E-state index contributed by atoms with van der Waals surface area (Å²) in [6.07, 6.45) is 0. The summed E-state index contributed by atoms with van der Waals surface area (Å²) in [5.41, 5.74) is 1.43. The average molecular weight is 433 g/mol. The van der Waals surface area contributed by atoms with Crippen LogP contribution in [0.1, 0.15) is 0 Å². The molecule has 1 N–H and O–H groups in total. The molecule has 130 valence electrons. The summed E-state index contributed by atoms with van der Waals surface area (Å²) in [5.74, 6) is -0.253. The van der Waals surface area contributed by atoms with Crippen LogP contribution < -0.4 is 5.32 Å². The highest BCUT2D eigenvalue weighted by Gasteiger charge is 2.12. The van der Waals surface area contributed by atoms with E-state index in [4.69, 9.17) is 0 Å². The number of benzene rings is 2. The van der Waals surface area contributed by atoms with Gasteiger partial charge in [0.15, 0.2) is 5.13 Å². The van der Waals surface area contributed by atoms with E-state index in [0.717, 1.165) is 10.0 Å². The summed E-state index contributed by atoms with van der Waals surface area (Å²) >= 11 is 4.56. The predicted molar refractivity (Wildman–Crippen MR) is 99.2 cm³/mol. The van der Waals surface area contributed by atoms with Crippen molar-refractivity contribution in [3.63, 3.8) is 0 Å². The minimum Gasteiger partial charge on any atom is -0.300 e. The van der Waals surface area contributed by atoms with Gasteiger partial charge in [0.25, 0.3) is 0 Å². The number of hydrogen-bond donors (Lipinski definition) is 1. The van der Waals surface area contributed by atoms with Crippen molar-refractivity contribution in [1.82, 2.24) is 25.2 Å². The van der Waals surface area contributed by atoms with Gasteiger partial charge in [-0.1, -0.05) is 27.3 Å². The molecular formula is C16H10BrFN6OS. The molecule has 2 aromatic heterocycles. The minimum absolute atomic E-state index is 0.103. The van der Waals surface area contributed by atoms with E-state index in [2.05, 4.69) is 41.6 Å². The van der Waals surface area contributed by atoms with Crippen LogP contribution in [0.3, 0.4) is 0 Å². The summed E-state index contributed by atoms with van der Waals surface area (Å²) in [7, 11) is 0. The lowest BCUT2D eigenvalue weighted by Gasteiger charge is -1.99. The fraction of sp³-hybridized carbons (Fsp3) is 0.0625. The highest BCUT2D eigenvalue weighted by atomic mass is 79.9. The Labute approximate surface area is 159 Å². The van der Waals surface area contributed by atoms with E-state index in [1.54, 1.807) is 6.07 Å². The SMILES string of the molecule is O=C(Cn1nnc(-c2ccc(Br)cc2)n1)Nc1nc2ccc(F)cc2s1. The van der Waals surface area contributed by atoms with Crippen LogP contribution in [0.2, 0.25) is 0 Å². The molecule has 0 fully saturated rings. The molecule has 7 nitrogen and oxygen atoms in total. The Morgan fingerprint density at radius 2 is 2.04 bits per heavy atom. The van der Waals surface area contributed by atoms with Crippen LogP contribution >= 0.6 is 27.3 Å². The maximum Gasteiger partial charge on any atom is 0.249 e. The Balaban J connectivity index is 1.45. The number of rotatable bonds is 4. The molecule has 0 radical (unpaired) electrons. The van der Waals surface area contributed by atoms with Crippen LogP contribution in [0.25, 0.3) is 21.6 Å². The third kappa shape index (κ3) is 3.60. The molecule has 0 unspecified atom stereocenters. The maximum absolute atomic E-state index is 13.2. The number of halogens is 2. The lowest BCUT2D eigenvalue weighted by Crippen LogP contribution is -2.20. The van der Waals surface area contributed by atoms with Gasteiger partial charge in [-0.25, -0.2) is 9.37 Å².